The molecule has 6 rings (SSSR count). The number of rotatable bonds is 4. The van der Waals surface area contributed by atoms with Crippen LogP contribution in [0.4, 0.5) is 8.78 Å². The molecule has 2 aromatic carbocycles. The molecule has 0 radical (unpaired) electrons. The Morgan fingerprint density at radius 2 is 1.38 bits per heavy atom. The van der Waals surface area contributed by atoms with Crippen molar-refractivity contribution in [3.63, 3.8) is 0 Å². The van der Waals surface area contributed by atoms with Crippen LogP contribution in [0.3, 0.4) is 0 Å². The molecule has 0 atom stereocenters. The highest BCUT2D eigenvalue weighted by Gasteiger charge is 2.21. The molecule has 4 aromatic rings. The number of nitrogens with zero attached hydrogens (tertiary/aromatic N) is 4. The third-order valence-corrected chi connectivity index (χ3v) is 8.55. The smallest absolute Gasteiger partial charge is 0.131 e. The summed E-state index contributed by atoms with van der Waals surface area (Å²) in [5.41, 5.74) is 1.95. The lowest BCUT2D eigenvalue weighted by atomic mass is 9.85. The van der Waals surface area contributed by atoms with Crippen LogP contribution in [0.25, 0.3) is 21.8 Å². The summed E-state index contributed by atoms with van der Waals surface area (Å²) < 4.78 is 32.3. The average Bonchev–Trinajstić information content (AvgIpc) is 3.18. The molecular formula is C24H24F2I2N4. The highest BCUT2D eigenvalue weighted by Crippen LogP contribution is 2.31. The second-order valence-electron chi connectivity index (χ2n) is 8.86. The number of aromatic nitrogens is 4. The van der Waals surface area contributed by atoms with E-state index in [1.807, 2.05) is 15.4 Å². The normalized spacial score (nSPS) is 16.6. The molecule has 2 aromatic heterocycles. The van der Waals surface area contributed by atoms with Crippen LogP contribution in [0, 0.1) is 30.9 Å². The Morgan fingerprint density at radius 3 is 2.00 bits per heavy atom. The van der Waals surface area contributed by atoms with Gasteiger partial charge in [0.05, 0.1) is 11.0 Å². The van der Waals surface area contributed by atoms with Crippen molar-refractivity contribution in [1.29, 1.82) is 0 Å². The van der Waals surface area contributed by atoms with E-state index in [1.54, 1.807) is 18.2 Å². The SMILES string of the molecule is Fc1ccc2c(c1)c(I)nn2CC1CCC1.Fc1ccc2nn(CC3CCC3)c(I)c2c1. The van der Waals surface area contributed by atoms with E-state index in [0.717, 1.165) is 54.1 Å². The molecule has 0 bridgehead atoms. The fraction of sp³-hybridized carbons (Fsp3) is 0.417. The molecule has 168 valence electrons. The van der Waals surface area contributed by atoms with Gasteiger partial charge in [-0.2, -0.15) is 10.2 Å². The van der Waals surface area contributed by atoms with Crippen molar-refractivity contribution in [2.24, 2.45) is 11.8 Å². The highest BCUT2D eigenvalue weighted by atomic mass is 127. The summed E-state index contributed by atoms with van der Waals surface area (Å²) in [5, 5.41) is 10.9. The molecule has 0 unspecified atom stereocenters. The van der Waals surface area contributed by atoms with Crippen molar-refractivity contribution < 1.29 is 8.78 Å². The van der Waals surface area contributed by atoms with Gasteiger partial charge in [0.15, 0.2) is 0 Å². The summed E-state index contributed by atoms with van der Waals surface area (Å²) in [5.74, 6) is 1.17. The van der Waals surface area contributed by atoms with Crippen LogP contribution in [0.1, 0.15) is 38.5 Å². The maximum absolute atomic E-state index is 13.1. The summed E-state index contributed by atoms with van der Waals surface area (Å²) in [6, 6.07) is 9.71. The first-order valence-electron chi connectivity index (χ1n) is 11.1. The minimum Gasteiger partial charge on any atom is -0.264 e. The third kappa shape index (κ3) is 4.67. The van der Waals surface area contributed by atoms with E-state index in [0.29, 0.717) is 0 Å². The van der Waals surface area contributed by atoms with Crippen molar-refractivity contribution in [2.75, 3.05) is 0 Å². The quantitative estimate of drug-likeness (QED) is 0.218. The first-order valence-corrected chi connectivity index (χ1v) is 13.3. The van der Waals surface area contributed by atoms with Crippen LogP contribution in [0.5, 0.6) is 0 Å². The lowest BCUT2D eigenvalue weighted by Crippen LogP contribution is -2.19. The summed E-state index contributed by atoms with van der Waals surface area (Å²) in [4.78, 5) is 0. The van der Waals surface area contributed by atoms with Gasteiger partial charge in [0.25, 0.3) is 0 Å². The average molecular weight is 660 g/mol. The van der Waals surface area contributed by atoms with Gasteiger partial charge in [0, 0.05) is 23.9 Å². The van der Waals surface area contributed by atoms with Crippen LogP contribution < -0.4 is 0 Å². The van der Waals surface area contributed by atoms with Crippen molar-refractivity contribution in [2.45, 2.75) is 51.6 Å². The van der Waals surface area contributed by atoms with Crippen LogP contribution in [0.2, 0.25) is 0 Å². The van der Waals surface area contributed by atoms with Gasteiger partial charge >= 0.3 is 0 Å². The Balaban J connectivity index is 0.000000135. The van der Waals surface area contributed by atoms with E-state index in [4.69, 9.17) is 0 Å². The van der Waals surface area contributed by atoms with E-state index in [-0.39, 0.29) is 11.6 Å². The van der Waals surface area contributed by atoms with Gasteiger partial charge in [-0.15, -0.1) is 0 Å². The molecular weight excluding hydrogens is 636 g/mol. The topological polar surface area (TPSA) is 35.6 Å². The largest absolute Gasteiger partial charge is 0.264 e. The van der Waals surface area contributed by atoms with Crippen LogP contribution in [-0.4, -0.2) is 19.6 Å². The van der Waals surface area contributed by atoms with E-state index < -0.39 is 0 Å². The predicted octanol–water partition coefficient (Wildman–Crippen LogP) is 7.16. The molecule has 0 spiro atoms. The fourth-order valence-corrected chi connectivity index (χ4v) is 5.72. The molecule has 2 heterocycles. The Labute approximate surface area is 213 Å². The van der Waals surface area contributed by atoms with Crippen molar-refractivity contribution in [1.82, 2.24) is 19.6 Å². The second-order valence-corrected chi connectivity index (χ2v) is 10.9. The Kier molecular flexibility index (Phi) is 6.69. The Morgan fingerprint density at radius 1 is 0.781 bits per heavy atom. The van der Waals surface area contributed by atoms with Gasteiger partial charge in [0.1, 0.15) is 19.0 Å². The Hall–Kier alpha value is -1.30. The van der Waals surface area contributed by atoms with Gasteiger partial charge in [-0.25, -0.2) is 8.78 Å². The van der Waals surface area contributed by atoms with Gasteiger partial charge < -0.3 is 0 Å². The molecule has 32 heavy (non-hydrogen) atoms. The third-order valence-electron chi connectivity index (χ3n) is 6.62. The maximum atomic E-state index is 13.1. The molecule has 0 aliphatic heterocycles. The van der Waals surface area contributed by atoms with E-state index in [1.165, 1.54) is 50.7 Å². The van der Waals surface area contributed by atoms with Crippen molar-refractivity contribution in [3.8, 4) is 0 Å². The van der Waals surface area contributed by atoms with Gasteiger partial charge in [-0.3, -0.25) is 9.36 Å². The maximum Gasteiger partial charge on any atom is 0.131 e. The van der Waals surface area contributed by atoms with E-state index in [2.05, 4.69) is 55.4 Å². The summed E-state index contributed by atoms with van der Waals surface area (Å²) in [6.45, 7) is 1.96. The van der Waals surface area contributed by atoms with Crippen molar-refractivity contribution in [3.05, 3.63) is 55.4 Å². The number of halogens is 4. The molecule has 0 N–H and O–H groups in total. The van der Waals surface area contributed by atoms with Gasteiger partial charge in [-0.1, -0.05) is 12.8 Å². The molecule has 2 aliphatic rings. The van der Waals surface area contributed by atoms with Crippen LogP contribution in [-0.2, 0) is 13.1 Å². The minimum atomic E-state index is -0.186. The first-order chi connectivity index (χ1) is 15.5. The lowest BCUT2D eigenvalue weighted by Gasteiger charge is -2.25. The van der Waals surface area contributed by atoms with Crippen LogP contribution >= 0.6 is 45.2 Å². The zero-order chi connectivity index (χ0) is 22.2. The minimum absolute atomic E-state index is 0.186. The number of hydrogen-bond donors (Lipinski definition) is 0. The summed E-state index contributed by atoms with van der Waals surface area (Å²) >= 11 is 4.43. The van der Waals surface area contributed by atoms with Crippen molar-refractivity contribution >= 4 is 67.0 Å². The molecule has 0 amide bonds. The van der Waals surface area contributed by atoms with Gasteiger partial charge in [-0.05, 0) is 119 Å². The predicted molar refractivity (Wildman–Crippen MR) is 139 cm³/mol. The monoisotopic (exact) mass is 660 g/mol. The number of fused-ring (bicyclic) bond motifs is 2. The molecule has 4 nitrogen and oxygen atoms in total. The summed E-state index contributed by atoms with van der Waals surface area (Å²) in [7, 11) is 0. The highest BCUT2D eigenvalue weighted by molar-refractivity contribution is 14.1. The fourth-order valence-electron chi connectivity index (χ4n) is 4.29. The standard InChI is InChI=1S/2C12H12FIN2/c13-9-4-5-11-10(6-9)12(14)15-16(11)7-8-2-1-3-8;13-9-4-5-11-10(6-9)12(14)16(15-11)7-8-2-1-3-8/h2*4-6,8H,1-3,7H2. The van der Waals surface area contributed by atoms with E-state index >= 15 is 0 Å². The Bertz CT molecular complexity index is 1250. The van der Waals surface area contributed by atoms with Crippen LogP contribution in [0.15, 0.2) is 36.4 Å². The molecule has 8 heteroatoms. The second kappa shape index (κ2) is 9.52. The molecule has 0 saturated heterocycles. The molecule has 2 aliphatic carbocycles. The van der Waals surface area contributed by atoms with E-state index in [9.17, 15) is 8.78 Å². The van der Waals surface area contributed by atoms with Gasteiger partial charge in [0.2, 0.25) is 0 Å². The number of hydrogen-bond acceptors (Lipinski definition) is 2. The lowest BCUT2D eigenvalue weighted by molar-refractivity contribution is 0.265. The molecule has 2 saturated carbocycles. The first kappa shape index (κ1) is 22.5. The molecule has 2 fully saturated rings. The zero-order valence-electron chi connectivity index (χ0n) is 17.6. The number of benzene rings is 2. The zero-order valence-corrected chi connectivity index (χ0v) is 21.9. The summed E-state index contributed by atoms with van der Waals surface area (Å²) in [6.07, 6.45) is 7.91.